The van der Waals surface area contributed by atoms with E-state index in [9.17, 15) is 9.90 Å². The van der Waals surface area contributed by atoms with Crippen LogP contribution in [0.4, 0.5) is 0 Å². The van der Waals surface area contributed by atoms with Crippen molar-refractivity contribution in [3.05, 3.63) is 72.6 Å². The van der Waals surface area contributed by atoms with E-state index in [-0.39, 0.29) is 11.7 Å². The second-order valence-electron chi connectivity index (χ2n) is 7.48. The summed E-state index contributed by atoms with van der Waals surface area (Å²) < 4.78 is 0. The summed E-state index contributed by atoms with van der Waals surface area (Å²) in [5.74, 6) is 0.129. The Hall–Kier alpha value is -3.64. The Bertz CT molecular complexity index is 1200. The van der Waals surface area contributed by atoms with Crippen LogP contribution in [0.2, 0.25) is 0 Å². The van der Waals surface area contributed by atoms with Crippen molar-refractivity contribution in [3.8, 4) is 28.0 Å². The number of likely N-dealkylation sites (N-methyl/N-ethyl adjacent to an activating group) is 1. The van der Waals surface area contributed by atoms with Crippen LogP contribution in [0.1, 0.15) is 10.4 Å². The molecular formula is C24H24N4O2. The van der Waals surface area contributed by atoms with Gasteiger partial charge in [-0.3, -0.25) is 4.79 Å². The van der Waals surface area contributed by atoms with Crippen LogP contribution in [0.3, 0.4) is 0 Å². The number of aromatic amines is 1. The number of benzene rings is 2. The highest BCUT2D eigenvalue weighted by molar-refractivity contribution is 5.98. The highest BCUT2D eigenvalue weighted by Gasteiger charge is 2.13. The molecule has 0 atom stereocenters. The van der Waals surface area contributed by atoms with Crippen molar-refractivity contribution in [2.45, 2.75) is 0 Å². The predicted molar refractivity (Wildman–Crippen MR) is 120 cm³/mol. The maximum atomic E-state index is 12.5. The topological polar surface area (TPSA) is 81.2 Å². The standard InChI is InChI=1S/C24H24N4O2/c1-28(2)11-10-25-24(30)17-7-5-6-16(12-17)18-13-20-21(15-27-23(20)26-14-18)19-8-3-4-9-22(19)29/h3-9,12-15,29H,10-11H2,1-2H3,(H,25,30)(H,26,27). The number of H-pyrrole nitrogens is 1. The number of phenols is 1. The maximum Gasteiger partial charge on any atom is 0.251 e. The molecule has 0 saturated heterocycles. The smallest absolute Gasteiger partial charge is 0.251 e. The van der Waals surface area contributed by atoms with Crippen LogP contribution in [-0.4, -0.2) is 53.1 Å². The van der Waals surface area contributed by atoms with Gasteiger partial charge in [0, 0.05) is 53.1 Å². The summed E-state index contributed by atoms with van der Waals surface area (Å²) in [5.41, 5.74) is 4.80. The number of aromatic hydroxyl groups is 1. The van der Waals surface area contributed by atoms with Crippen LogP contribution >= 0.6 is 0 Å². The fourth-order valence-electron chi connectivity index (χ4n) is 3.42. The molecule has 2 aromatic carbocycles. The van der Waals surface area contributed by atoms with Gasteiger partial charge in [-0.1, -0.05) is 30.3 Å². The van der Waals surface area contributed by atoms with Crippen molar-refractivity contribution in [1.29, 1.82) is 0 Å². The van der Waals surface area contributed by atoms with Gasteiger partial charge in [-0.25, -0.2) is 4.98 Å². The minimum Gasteiger partial charge on any atom is -0.507 e. The van der Waals surface area contributed by atoms with E-state index in [1.54, 1.807) is 18.3 Å². The Kier molecular flexibility index (Phi) is 5.50. The number of phenolic OH excluding ortho intramolecular Hbond substituents is 1. The van der Waals surface area contributed by atoms with Crippen LogP contribution in [0.5, 0.6) is 5.75 Å². The molecule has 2 heterocycles. The molecule has 0 aliphatic heterocycles. The number of carbonyl (C=O) groups excluding carboxylic acids is 1. The summed E-state index contributed by atoms with van der Waals surface area (Å²) >= 11 is 0. The van der Waals surface area contributed by atoms with Gasteiger partial charge in [0.05, 0.1) is 0 Å². The first-order valence-corrected chi connectivity index (χ1v) is 9.82. The zero-order valence-electron chi connectivity index (χ0n) is 17.0. The van der Waals surface area contributed by atoms with Gasteiger partial charge in [0.15, 0.2) is 0 Å². The predicted octanol–water partition coefficient (Wildman–Crippen LogP) is 3.89. The molecule has 0 aliphatic rings. The number of nitrogens with one attached hydrogen (secondary N) is 2. The quantitative estimate of drug-likeness (QED) is 0.459. The summed E-state index contributed by atoms with van der Waals surface area (Å²) in [6.07, 6.45) is 3.64. The average molecular weight is 400 g/mol. The Balaban J connectivity index is 1.66. The number of pyridine rings is 1. The second-order valence-corrected chi connectivity index (χ2v) is 7.48. The first kappa shape index (κ1) is 19.7. The molecule has 0 aliphatic carbocycles. The molecule has 0 bridgehead atoms. The number of nitrogens with zero attached hydrogens (tertiary/aromatic N) is 2. The molecule has 3 N–H and O–H groups in total. The highest BCUT2D eigenvalue weighted by atomic mass is 16.3. The van der Waals surface area contributed by atoms with Crippen LogP contribution < -0.4 is 5.32 Å². The van der Waals surface area contributed by atoms with Crippen LogP contribution in [0.15, 0.2) is 67.0 Å². The minimum atomic E-state index is -0.0933. The number of hydrogen-bond donors (Lipinski definition) is 3. The zero-order valence-corrected chi connectivity index (χ0v) is 17.0. The number of rotatable bonds is 6. The number of aromatic nitrogens is 2. The second kappa shape index (κ2) is 8.39. The van der Waals surface area contributed by atoms with Crippen molar-refractivity contribution in [2.75, 3.05) is 27.2 Å². The first-order chi connectivity index (χ1) is 14.5. The van der Waals surface area contributed by atoms with Crippen molar-refractivity contribution in [3.63, 3.8) is 0 Å². The number of amides is 1. The van der Waals surface area contributed by atoms with E-state index in [2.05, 4.69) is 15.3 Å². The molecule has 0 spiro atoms. The number of fused-ring (bicyclic) bond motifs is 1. The number of carbonyl (C=O) groups is 1. The van der Waals surface area contributed by atoms with Crippen molar-refractivity contribution in [1.82, 2.24) is 20.2 Å². The highest BCUT2D eigenvalue weighted by Crippen LogP contribution is 2.35. The van der Waals surface area contributed by atoms with Crippen molar-refractivity contribution >= 4 is 16.9 Å². The first-order valence-electron chi connectivity index (χ1n) is 9.82. The molecule has 6 nitrogen and oxygen atoms in total. The Morgan fingerprint density at radius 2 is 1.90 bits per heavy atom. The van der Waals surface area contributed by atoms with E-state index in [1.807, 2.05) is 67.7 Å². The van der Waals surface area contributed by atoms with Gasteiger partial charge in [0.1, 0.15) is 11.4 Å². The van der Waals surface area contributed by atoms with Gasteiger partial charge in [0.25, 0.3) is 5.91 Å². The Labute approximate surface area is 175 Å². The summed E-state index contributed by atoms with van der Waals surface area (Å²) in [4.78, 5) is 22.2. The monoisotopic (exact) mass is 400 g/mol. The van der Waals surface area contributed by atoms with Gasteiger partial charge in [-0.2, -0.15) is 0 Å². The molecule has 4 aromatic rings. The van der Waals surface area contributed by atoms with E-state index >= 15 is 0 Å². The van der Waals surface area contributed by atoms with Gasteiger partial charge < -0.3 is 20.3 Å². The maximum absolute atomic E-state index is 12.5. The van der Waals surface area contributed by atoms with Gasteiger partial charge in [0.2, 0.25) is 0 Å². The third-order valence-electron chi connectivity index (χ3n) is 5.03. The molecule has 0 saturated carbocycles. The van der Waals surface area contributed by atoms with E-state index in [1.165, 1.54) is 0 Å². The van der Waals surface area contributed by atoms with Gasteiger partial charge >= 0.3 is 0 Å². The minimum absolute atomic E-state index is 0.0933. The van der Waals surface area contributed by atoms with Crippen molar-refractivity contribution in [2.24, 2.45) is 0 Å². The molecule has 4 rings (SSSR count). The summed E-state index contributed by atoms with van der Waals surface area (Å²) in [6.45, 7) is 1.38. The molecule has 1 amide bonds. The molecule has 30 heavy (non-hydrogen) atoms. The molecule has 152 valence electrons. The Morgan fingerprint density at radius 1 is 1.07 bits per heavy atom. The van der Waals surface area contributed by atoms with Crippen LogP contribution in [-0.2, 0) is 0 Å². The Morgan fingerprint density at radius 3 is 2.70 bits per heavy atom. The van der Waals surface area contributed by atoms with Gasteiger partial charge in [-0.05, 0) is 43.9 Å². The van der Waals surface area contributed by atoms with Crippen LogP contribution in [0.25, 0.3) is 33.3 Å². The van der Waals surface area contributed by atoms with Gasteiger partial charge in [-0.15, -0.1) is 0 Å². The summed E-state index contributed by atoms with van der Waals surface area (Å²) in [6, 6.07) is 16.8. The fraction of sp³-hybridized carbons (Fsp3) is 0.167. The molecule has 0 unspecified atom stereocenters. The summed E-state index contributed by atoms with van der Waals surface area (Å²) in [7, 11) is 3.95. The van der Waals surface area contributed by atoms with E-state index in [4.69, 9.17) is 0 Å². The lowest BCUT2D eigenvalue weighted by molar-refractivity contribution is 0.0951. The third-order valence-corrected chi connectivity index (χ3v) is 5.03. The molecule has 2 aromatic heterocycles. The molecular weight excluding hydrogens is 376 g/mol. The molecule has 0 fully saturated rings. The lowest BCUT2D eigenvalue weighted by Gasteiger charge is -2.11. The normalized spacial score (nSPS) is 11.2. The van der Waals surface area contributed by atoms with Crippen molar-refractivity contribution < 1.29 is 9.90 Å². The lowest BCUT2D eigenvalue weighted by atomic mass is 10.0. The number of para-hydroxylation sites is 1. The number of hydrogen-bond acceptors (Lipinski definition) is 4. The largest absolute Gasteiger partial charge is 0.507 e. The summed E-state index contributed by atoms with van der Waals surface area (Å²) in [5, 5.41) is 14.1. The molecule has 0 radical (unpaired) electrons. The third kappa shape index (κ3) is 4.04. The van der Waals surface area contributed by atoms with E-state index < -0.39 is 0 Å². The van der Waals surface area contributed by atoms with Crippen LogP contribution in [0, 0.1) is 0 Å². The van der Waals surface area contributed by atoms with E-state index in [0.29, 0.717) is 12.1 Å². The SMILES string of the molecule is CN(C)CCNC(=O)c1cccc(-c2cnc3[nH]cc(-c4ccccc4O)c3c2)c1. The molecule has 6 heteroatoms. The lowest BCUT2D eigenvalue weighted by Crippen LogP contribution is -2.31. The average Bonchev–Trinajstić information content (AvgIpc) is 3.17. The fourth-order valence-corrected chi connectivity index (χ4v) is 3.42. The van der Waals surface area contributed by atoms with E-state index in [0.717, 1.165) is 39.8 Å². The zero-order chi connectivity index (χ0) is 21.1.